The molecule has 0 saturated carbocycles. The third-order valence-corrected chi connectivity index (χ3v) is 3.82. The van der Waals surface area contributed by atoms with E-state index in [9.17, 15) is 4.79 Å². The average Bonchev–Trinajstić information content (AvgIpc) is 2.43. The molecule has 0 bridgehead atoms. The smallest absolute Gasteiger partial charge is 0.238 e. The van der Waals surface area contributed by atoms with Gasteiger partial charge >= 0.3 is 0 Å². The lowest BCUT2D eigenvalue weighted by molar-refractivity contribution is -0.115. The SMILES string of the molecule is CC(C)CCNCC(=O)Nc1c(C(C)C)cccc1C(C)C. The van der Waals surface area contributed by atoms with Gasteiger partial charge in [-0.15, -0.1) is 0 Å². The van der Waals surface area contributed by atoms with Gasteiger partial charge in [0.25, 0.3) is 0 Å². The number of para-hydroxylation sites is 1. The van der Waals surface area contributed by atoms with Crippen LogP contribution >= 0.6 is 0 Å². The second-order valence-corrected chi connectivity index (χ2v) is 7.03. The highest BCUT2D eigenvalue weighted by Gasteiger charge is 2.15. The molecule has 1 aromatic rings. The van der Waals surface area contributed by atoms with E-state index in [4.69, 9.17) is 0 Å². The summed E-state index contributed by atoms with van der Waals surface area (Å²) in [4.78, 5) is 12.2. The molecule has 0 radical (unpaired) electrons. The van der Waals surface area contributed by atoms with Crippen molar-refractivity contribution in [3.8, 4) is 0 Å². The summed E-state index contributed by atoms with van der Waals surface area (Å²) in [6, 6.07) is 6.30. The Kier molecular flexibility index (Phi) is 7.60. The molecule has 3 heteroatoms. The molecular weight excluding hydrogens is 272 g/mol. The number of rotatable bonds is 8. The van der Waals surface area contributed by atoms with Crippen LogP contribution in [0.1, 0.15) is 70.9 Å². The van der Waals surface area contributed by atoms with Crippen LogP contribution in [0.2, 0.25) is 0 Å². The molecule has 3 nitrogen and oxygen atoms in total. The molecule has 0 aliphatic heterocycles. The molecule has 1 aromatic carbocycles. The first-order valence-electron chi connectivity index (χ1n) is 8.46. The maximum atomic E-state index is 12.2. The average molecular weight is 304 g/mol. The number of nitrogens with one attached hydrogen (secondary N) is 2. The number of anilines is 1. The van der Waals surface area contributed by atoms with E-state index in [1.54, 1.807) is 0 Å². The van der Waals surface area contributed by atoms with Crippen LogP contribution in [0.5, 0.6) is 0 Å². The van der Waals surface area contributed by atoms with Crippen molar-refractivity contribution in [1.82, 2.24) is 5.32 Å². The maximum absolute atomic E-state index is 12.2. The normalized spacial score (nSPS) is 11.5. The summed E-state index contributed by atoms with van der Waals surface area (Å²) < 4.78 is 0. The van der Waals surface area contributed by atoms with Crippen molar-refractivity contribution in [1.29, 1.82) is 0 Å². The molecule has 1 rings (SSSR count). The van der Waals surface area contributed by atoms with Gasteiger partial charge in [-0.25, -0.2) is 0 Å². The molecule has 22 heavy (non-hydrogen) atoms. The molecule has 0 aromatic heterocycles. The Morgan fingerprint density at radius 1 is 1.00 bits per heavy atom. The third-order valence-electron chi connectivity index (χ3n) is 3.82. The van der Waals surface area contributed by atoms with Gasteiger partial charge in [0.1, 0.15) is 0 Å². The van der Waals surface area contributed by atoms with E-state index in [1.807, 2.05) is 0 Å². The highest BCUT2D eigenvalue weighted by molar-refractivity contribution is 5.94. The van der Waals surface area contributed by atoms with Gasteiger partial charge in [-0.05, 0) is 41.8 Å². The highest BCUT2D eigenvalue weighted by Crippen LogP contribution is 2.32. The largest absolute Gasteiger partial charge is 0.324 e. The molecular formula is C19H32N2O. The summed E-state index contributed by atoms with van der Waals surface area (Å²) in [5, 5.41) is 6.35. The van der Waals surface area contributed by atoms with Crippen LogP contribution in [0, 0.1) is 5.92 Å². The van der Waals surface area contributed by atoms with Crippen molar-refractivity contribution in [3.05, 3.63) is 29.3 Å². The van der Waals surface area contributed by atoms with Gasteiger partial charge in [0.05, 0.1) is 6.54 Å². The number of carbonyl (C=O) groups excluding carboxylic acids is 1. The topological polar surface area (TPSA) is 41.1 Å². The second-order valence-electron chi connectivity index (χ2n) is 7.03. The first-order valence-corrected chi connectivity index (χ1v) is 8.46. The van der Waals surface area contributed by atoms with E-state index in [0.717, 1.165) is 18.7 Å². The van der Waals surface area contributed by atoms with Gasteiger partial charge in [0.2, 0.25) is 5.91 Å². The van der Waals surface area contributed by atoms with Gasteiger partial charge in [-0.1, -0.05) is 59.7 Å². The zero-order chi connectivity index (χ0) is 16.7. The molecule has 2 N–H and O–H groups in total. The number of hydrogen-bond acceptors (Lipinski definition) is 2. The van der Waals surface area contributed by atoms with E-state index in [-0.39, 0.29) is 5.91 Å². The van der Waals surface area contributed by atoms with Crippen molar-refractivity contribution < 1.29 is 4.79 Å². The molecule has 0 spiro atoms. The summed E-state index contributed by atoms with van der Waals surface area (Å²) in [5.41, 5.74) is 3.42. The molecule has 0 aliphatic rings. The Labute approximate surface area is 135 Å². The Bertz CT molecular complexity index is 452. The van der Waals surface area contributed by atoms with Crippen molar-refractivity contribution in [2.24, 2.45) is 5.92 Å². The van der Waals surface area contributed by atoms with Crippen LogP contribution in [-0.2, 0) is 4.79 Å². The summed E-state index contributed by atoms with van der Waals surface area (Å²) in [6.07, 6.45) is 1.09. The van der Waals surface area contributed by atoms with Crippen molar-refractivity contribution in [2.45, 2.75) is 59.8 Å². The van der Waals surface area contributed by atoms with E-state index >= 15 is 0 Å². The molecule has 0 fully saturated rings. The zero-order valence-corrected chi connectivity index (χ0v) is 15.0. The lowest BCUT2D eigenvalue weighted by Crippen LogP contribution is -2.30. The first-order chi connectivity index (χ1) is 10.3. The Balaban J connectivity index is 2.76. The lowest BCUT2D eigenvalue weighted by atomic mass is 9.92. The van der Waals surface area contributed by atoms with Crippen LogP contribution in [0.3, 0.4) is 0 Å². The molecule has 0 atom stereocenters. The maximum Gasteiger partial charge on any atom is 0.238 e. The van der Waals surface area contributed by atoms with Crippen molar-refractivity contribution in [2.75, 3.05) is 18.4 Å². The number of amides is 1. The second kappa shape index (κ2) is 8.94. The predicted molar refractivity (Wildman–Crippen MR) is 95.6 cm³/mol. The lowest BCUT2D eigenvalue weighted by Gasteiger charge is -2.20. The molecule has 1 amide bonds. The predicted octanol–water partition coefficient (Wildman–Crippen LogP) is 4.51. The summed E-state index contributed by atoms with van der Waals surface area (Å²) in [7, 11) is 0. The third kappa shape index (κ3) is 5.80. The van der Waals surface area contributed by atoms with Crippen LogP contribution in [-0.4, -0.2) is 19.0 Å². The van der Waals surface area contributed by atoms with Crippen LogP contribution in [0.25, 0.3) is 0 Å². The summed E-state index contributed by atoms with van der Waals surface area (Å²) >= 11 is 0. The standard InChI is InChI=1S/C19H32N2O/c1-13(2)10-11-20-12-18(22)21-19-16(14(3)4)8-7-9-17(19)15(5)6/h7-9,13-15,20H,10-12H2,1-6H3,(H,21,22). The Morgan fingerprint density at radius 3 is 2.00 bits per heavy atom. The minimum Gasteiger partial charge on any atom is -0.324 e. The van der Waals surface area contributed by atoms with Crippen LogP contribution in [0.4, 0.5) is 5.69 Å². The van der Waals surface area contributed by atoms with E-state index in [2.05, 4.69) is 70.4 Å². The molecule has 124 valence electrons. The van der Waals surface area contributed by atoms with E-state index < -0.39 is 0 Å². The molecule has 0 heterocycles. The Morgan fingerprint density at radius 2 is 1.55 bits per heavy atom. The summed E-state index contributed by atoms with van der Waals surface area (Å²) in [6.45, 7) is 14.3. The van der Waals surface area contributed by atoms with Gasteiger partial charge < -0.3 is 10.6 Å². The van der Waals surface area contributed by atoms with Gasteiger partial charge in [0.15, 0.2) is 0 Å². The van der Waals surface area contributed by atoms with Gasteiger partial charge in [-0.2, -0.15) is 0 Å². The quantitative estimate of drug-likeness (QED) is 0.694. The molecule has 0 aliphatic carbocycles. The number of hydrogen-bond donors (Lipinski definition) is 2. The fourth-order valence-corrected chi connectivity index (χ4v) is 2.47. The van der Waals surface area contributed by atoms with Crippen LogP contribution in [0.15, 0.2) is 18.2 Å². The van der Waals surface area contributed by atoms with E-state index in [1.165, 1.54) is 11.1 Å². The summed E-state index contributed by atoms with van der Waals surface area (Å²) in [5.74, 6) is 1.48. The fourth-order valence-electron chi connectivity index (χ4n) is 2.47. The molecule has 0 saturated heterocycles. The van der Waals surface area contributed by atoms with Crippen molar-refractivity contribution >= 4 is 11.6 Å². The number of carbonyl (C=O) groups is 1. The highest BCUT2D eigenvalue weighted by atomic mass is 16.1. The van der Waals surface area contributed by atoms with Gasteiger partial charge in [0, 0.05) is 5.69 Å². The molecule has 0 unspecified atom stereocenters. The van der Waals surface area contributed by atoms with Crippen molar-refractivity contribution in [3.63, 3.8) is 0 Å². The minimum absolute atomic E-state index is 0.0405. The van der Waals surface area contributed by atoms with E-state index in [0.29, 0.717) is 24.3 Å². The Hall–Kier alpha value is -1.35. The first kappa shape index (κ1) is 18.7. The monoisotopic (exact) mass is 304 g/mol. The zero-order valence-electron chi connectivity index (χ0n) is 15.0. The fraction of sp³-hybridized carbons (Fsp3) is 0.632. The van der Waals surface area contributed by atoms with Gasteiger partial charge in [-0.3, -0.25) is 4.79 Å². The minimum atomic E-state index is 0.0405. The number of benzene rings is 1. The van der Waals surface area contributed by atoms with Crippen LogP contribution < -0.4 is 10.6 Å².